The standard InChI is InChI=1S/C15H22N2OS/c1-12-6-7-13(17)10-14(12)19(18)9-5-4-8-15(2,3)11-16/h6-7,10H,4-5,8-9,17H2,1-3H3. The van der Waals surface area contributed by atoms with Crippen LogP contribution in [0.3, 0.4) is 0 Å². The summed E-state index contributed by atoms with van der Waals surface area (Å²) in [4.78, 5) is 0.833. The maximum absolute atomic E-state index is 12.2. The first-order valence-corrected chi connectivity index (χ1v) is 7.83. The van der Waals surface area contributed by atoms with Crippen LogP contribution in [0.2, 0.25) is 0 Å². The number of nitrogens with zero attached hydrogens (tertiary/aromatic N) is 1. The Labute approximate surface area is 118 Å². The molecule has 0 saturated carbocycles. The number of nitriles is 1. The van der Waals surface area contributed by atoms with Crippen LogP contribution in [-0.4, -0.2) is 9.96 Å². The molecule has 0 saturated heterocycles. The molecule has 0 spiro atoms. The molecule has 4 heteroatoms. The summed E-state index contributed by atoms with van der Waals surface area (Å²) in [6.45, 7) is 5.82. The van der Waals surface area contributed by atoms with E-state index in [9.17, 15) is 4.21 Å². The Balaban J connectivity index is 2.49. The monoisotopic (exact) mass is 278 g/mol. The van der Waals surface area contributed by atoms with Crippen LogP contribution in [0, 0.1) is 23.7 Å². The van der Waals surface area contributed by atoms with Gasteiger partial charge in [-0.1, -0.05) is 12.5 Å². The minimum absolute atomic E-state index is 0.283. The van der Waals surface area contributed by atoms with E-state index in [1.54, 1.807) is 6.07 Å². The fraction of sp³-hybridized carbons (Fsp3) is 0.533. The third-order valence-electron chi connectivity index (χ3n) is 3.14. The summed E-state index contributed by atoms with van der Waals surface area (Å²) in [5.74, 6) is 0.631. The van der Waals surface area contributed by atoms with Crippen molar-refractivity contribution in [2.24, 2.45) is 5.41 Å². The molecule has 19 heavy (non-hydrogen) atoms. The van der Waals surface area contributed by atoms with Gasteiger partial charge in [-0.25, -0.2) is 0 Å². The number of nitrogens with two attached hydrogens (primary N) is 1. The summed E-state index contributed by atoms with van der Waals surface area (Å²) >= 11 is 0. The van der Waals surface area contributed by atoms with Crippen LogP contribution < -0.4 is 5.73 Å². The van der Waals surface area contributed by atoms with Crippen molar-refractivity contribution < 1.29 is 4.21 Å². The van der Waals surface area contributed by atoms with E-state index in [4.69, 9.17) is 11.0 Å². The van der Waals surface area contributed by atoms with E-state index in [2.05, 4.69) is 6.07 Å². The van der Waals surface area contributed by atoms with Crippen molar-refractivity contribution in [3.8, 4) is 6.07 Å². The average Bonchev–Trinajstić information content (AvgIpc) is 2.37. The van der Waals surface area contributed by atoms with Crippen molar-refractivity contribution in [3.63, 3.8) is 0 Å². The van der Waals surface area contributed by atoms with Crippen molar-refractivity contribution in [2.45, 2.75) is 44.9 Å². The van der Waals surface area contributed by atoms with Crippen LogP contribution >= 0.6 is 0 Å². The molecular formula is C15H22N2OS. The summed E-state index contributed by atoms with van der Waals surface area (Å²) in [6, 6.07) is 7.81. The van der Waals surface area contributed by atoms with E-state index in [1.165, 1.54) is 0 Å². The van der Waals surface area contributed by atoms with Gasteiger partial charge in [0.2, 0.25) is 0 Å². The highest BCUT2D eigenvalue weighted by molar-refractivity contribution is 7.85. The van der Waals surface area contributed by atoms with Crippen LogP contribution in [0.25, 0.3) is 0 Å². The van der Waals surface area contributed by atoms with Gasteiger partial charge in [-0.15, -0.1) is 0 Å². The molecule has 1 rings (SSSR count). The molecule has 0 fully saturated rings. The van der Waals surface area contributed by atoms with Crippen LogP contribution in [0.1, 0.15) is 38.7 Å². The molecule has 0 bridgehead atoms. The van der Waals surface area contributed by atoms with E-state index in [0.29, 0.717) is 11.4 Å². The minimum Gasteiger partial charge on any atom is -0.399 e. The van der Waals surface area contributed by atoms with Crippen LogP contribution in [0.4, 0.5) is 5.69 Å². The Hall–Kier alpha value is -1.34. The number of rotatable bonds is 6. The largest absolute Gasteiger partial charge is 0.399 e. The molecule has 0 aromatic heterocycles. The van der Waals surface area contributed by atoms with Crippen LogP contribution in [0.5, 0.6) is 0 Å². The van der Waals surface area contributed by atoms with Gasteiger partial charge in [-0.05, 0) is 51.3 Å². The first-order valence-electron chi connectivity index (χ1n) is 6.51. The lowest BCUT2D eigenvalue weighted by Crippen LogP contribution is -2.08. The molecule has 2 N–H and O–H groups in total. The van der Waals surface area contributed by atoms with E-state index in [-0.39, 0.29) is 5.41 Å². The summed E-state index contributed by atoms with van der Waals surface area (Å²) in [6.07, 6.45) is 2.64. The molecular weight excluding hydrogens is 256 g/mol. The molecule has 1 unspecified atom stereocenters. The second-order valence-electron chi connectivity index (χ2n) is 5.53. The molecule has 1 aromatic rings. The maximum atomic E-state index is 12.2. The molecule has 0 aliphatic heterocycles. The highest BCUT2D eigenvalue weighted by Crippen LogP contribution is 2.23. The number of anilines is 1. The van der Waals surface area contributed by atoms with E-state index in [1.807, 2.05) is 32.9 Å². The molecule has 0 aliphatic carbocycles. The van der Waals surface area contributed by atoms with Gasteiger partial charge in [0.1, 0.15) is 0 Å². The predicted octanol–water partition coefficient (Wildman–Crippen LogP) is 3.40. The third-order valence-corrected chi connectivity index (χ3v) is 4.73. The molecule has 1 atom stereocenters. The summed E-state index contributed by atoms with van der Waals surface area (Å²) in [5, 5.41) is 8.92. The smallest absolute Gasteiger partial charge is 0.0683 e. The number of aryl methyl sites for hydroxylation is 1. The number of hydrogen-bond acceptors (Lipinski definition) is 3. The lowest BCUT2D eigenvalue weighted by Gasteiger charge is -2.14. The van der Waals surface area contributed by atoms with Crippen molar-refractivity contribution in [1.82, 2.24) is 0 Å². The molecule has 3 nitrogen and oxygen atoms in total. The van der Waals surface area contributed by atoms with Crippen LogP contribution in [-0.2, 0) is 10.8 Å². The van der Waals surface area contributed by atoms with Crippen LogP contribution in [0.15, 0.2) is 23.1 Å². The fourth-order valence-electron chi connectivity index (χ4n) is 1.83. The number of nitrogen functional groups attached to an aromatic ring is 1. The zero-order valence-electron chi connectivity index (χ0n) is 11.9. The first-order chi connectivity index (χ1) is 8.85. The van der Waals surface area contributed by atoms with Gasteiger partial charge in [0, 0.05) is 16.3 Å². The highest BCUT2D eigenvalue weighted by Gasteiger charge is 2.16. The molecule has 0 aliphatic rings. The van der Waals surface area contributed by atoms with E-state index < -0.39 is 10.8 Å². The molecule has 1 aromatic carbocycles. The summed E-state index contributed by atoms with van der Waals surface area (Å²) in [7, 11) is -0.998. The zero-order chi connectivity index (χ0) is 14.5. The van der Waals surface area contributed by atoms with E-state index in [0.717, 1.165) is 29.7 Å². The van der Waals surface area contributed by atoms with Crippen molar-refractivity contribution >= 4 is 16.5 Å². The number of hydrogen-bond donors (Lipinski definition) is 1. The molecule has 0 radical (unpaired) electrons. The molecule has 104 valence electrons. The van der Waals surface area contributed by atoms with Gasteiger partial charge >= 0.3 is 0 Å². The van der Waals surface area contributed by atoms with Crippen molar-refractivity contribution in [2.75, 3.05) is 11.5 Å². The third kappa shape index (κ3) is 5.04. The number of unbranched alkanes of at least 4 members (excludes halogenated alkanes) is 1. The second-order valence-corrected chi connectivity index (χ2v) is 7.07. The quantitative estimate of drug-likeness (QED) is 0.640. The van der Waals surface area contributed by atoms with Crippen molar-refractivity contribution in [1.29, 1.82) is 5.26 Å². The Bertz CT molecular complexity index is 503. The second kappa shape index (κ2) is 6.72. The van der Waals surface area contributed by atoms with Gasteiger partial charge in [-0.2, -0.15) is 5.26 Å². The van der Waals surface area contributed by atoms with Gasteiger partial charge < -0.3 is 5.73 Å². The normalized spacial score (nSPS) is 12.9. The predicted molar refractivity (Wildman–Crippen MR) is 80.1 cm³/mol. The minimum atomic E-state index is -0.998. The summed E-state index contributed by atoms with van der Waals surface area (Å²) < 4.78 is 12.2. The van der Waals surface area contributed by atoms with Gasteiger partial charge in [-0.3, -0.25) is 4.21 Å². The van der Waals surface area contributed by atoms with Gasteiger partial charge in [0.05, 0.1) is 22.3 Å². The average molecular weight is 278 g/mol. The first kappa shape index (κ1) is 15.7. The Morgan fingerprint density at radius 3 is 2.68 bits per heavy atom. The lowest BCUT2D eigenvalue weighted by molar-refractivity contribution is 0.432. The fourth-order valence-corrected chi connectivity index (χ4v) is 3.21. The van der Waals surface area contributed by atoms with Gasteiger partial charge in [0.15, 0.2) is 0 Å². The zero-order valence-corrected chi connectivity index (χ0v) is 12.7. The Kier molecular flexibility index (Phi) is 5.56. The molecule has 0 heterocycles. The van der Waals surface area contributed by atoms with E-state index >= 15 is 0 Å². The Morgan fingerprint density at radius 1 is 1.37 bits per heavy atom. The SMILES string of the molecule is Cc1ccc(N)cc1S(=O)CCCCC(C)(C)C#N. The molecule has 0 amide bonds. The maximum Gasteiger partial charge on any atom is 0.0683 e. The number of benzene rings is 1. The highest BCUT2D eigenvalue weighted by atomic mass is 32.2. The Morgan fingerprint density at radius 2 is 2.05 bits per heavy atom. The topological polar surface area (TPSA) is 66.9 Å². The van der Waals surface area contributed by atoms with Crippen molar-refractivity contribution in [3.05, 3.63) is 23.8 Å². The summed E-state index contributed by atoms with van der Waals surface area (Å²) in [5.41, 5.74) is 7.11. The van der Waals surface area contributed by atoms with Gasteiger partial charge in [0.25, 0.3) is 0 Å². The lowest BCUT2D eigenvalue weighted by atomic mass is 9.89.